The van der Waals surface area contributed by atoms with Gasteiger partial charge in [-0.05, 0) is 23.8 Å². The molecule has 0 aliphatic rings. The van der Waals surface area contributed by atoms with Gasteiger partial charge < -0.3 is 9.88 Å². The van der Waals surface area contributed by atoms with Gasteiger partial charge in [0.05, 0.1) is 18.7 Å². The van der Waals surface area contributed by atoms with Crippen molar-refractivity contribution in [3.05, 3.63) is 66.1 Å². The highest BCUT2D eigenvalue weighted by Crippen LogP contribution is 2.18. The van der Waals surface area contributed by atoms with E-state index >= 15 is 0 Å². The van der Waals surface area contributed by atoms with Crippen LogP contribution < -0.4 is 0 Å². The third-order valence-corrected chi connectivity index (χ3v) is 3.57. The first-order valence-electron chi connectivity index (χ1n) is 6.93. The number of benzene rings is 1. The number of likely N-dealkylation sites (N-methyl/N-ethyl adjacent to an activating group) is 1. The van der Waals surface area contributed by atoms with Gasteiger partial charge >= 0.3 is 0 Å². The van der Waals surface area contributed by atoms with Crippen molar-refractivity contribution in [2.45, 2.75) is 13.0 Å². The lowest BCUT2D eigenvalue weighted by molar-refractivity contribution is -0.129. The lowest BCUT2D eigenvalue weighted by atomic mass is 10.1. The quantitative estimate of drug-likeness (QED) is 0.798. The second kappa shape index (κ2) is 5.79. The van der Waals surface area contributed by atoms with Crippen molar-refractivity contribution in [2.75, 3.05) is 7.05 Å². The van der Waals surface area contributed by atoms with Crippen LogP contribution >= 0.6 is 0 Å². The van der Waals surface area contributed by atoms with Crippen molar-refractivity contribution in [3.8, 4) is 0 Å². The Balaban J connectivity index is 1.71. The summed E-state index contributed by atoms with van der Waals surface area (Å²) in [6.07, 6.45) is 4.05. The molecular weight excluding hydrogens is 262 g/mol. The first-order valence-corrected chi connectivity index (χ1v) is 6.93. The fraction of sp³-hybridized carbons (Fsp3) is 0.176. The molecule has 3 rings (SSSR count). The van der Waals surface area contributed by atoms with Gasteiger partial charge in [-0.15, -0.1) is 0 Å². The summed E-state index contributed by atoms with van der Waals surface area (Å²) in [6.45, 7) is 0.530. The van der Waals surface area contributed by atoms with Crippen molar-refractivity contribution >= 4 is 16.8 Å². The number of hydrogen-bond acceptors (Lipinski definition) is 2. The van der Waals surface area contributed by atoms with Crippen LogP contribution in [0.3, 0.4) is 0 Å². The van der Waals surface area contributed by atoms with Crippen LogP contribution in [0.15, 0.2) is 54.9 Å². The van der Waals surface area contributed by atoms with Gasteiger partial charge in [-0.2, -0.15) is 0 Å². The summed E-state index contributed by atoms with van der Waals surface area (Å²) in [4.78, 5) is 21.5. The Morgan fingerprint density at radius 2 is 2.00 bits per heavy atom. The fourth-order valence-electron chi connectivity index (χ4n) is 2.40. The van der Waals surface area contributed by atoms with Crippen LogP contribution in [0.2, 0.25) is 0 Å². The maximum atomic E-state index is 12.3. The molecule has 1 aromatic carbocycles. The Labute approximate surface area is 123 Å². The Morgan fingerprint density at radius 1 is 1.19 bits per heavy atom. The van der Waals surface area contributed by atoms with Crippen LogP contribution in [0.1, 0.15) is 11.3 Å². The highest BCUT2D eigenvalue weighted by atomic mass is 16.2. The first-order chi connectivity index (χ1) is 10.2. The first kappa shape index (κ1) is 13.4. The van der Waals surface area contributed by atoms with Crippen LogP contribution in [0.25, 0.3) is 10.9 Å². The third kappa shape index (κ3) is 2.94. The summed E-state index contributed by atoms with van der Waals surface area (Å²) in [5, 5.41) is 1.11. The SMILES string of the molecule is CN(Cc1ccccn1)C(=O)Cc1c[nH]c2ccccc12. The lowest BCUT2D eigenvalue weighted by Crippen LogP contribution is -2.28. The van der Waals surface area contributed by atoms with Gasteiger partial charge in [-0.3, -0.25) is 9.78 Å². The number of carbonyl (C=O) groups excluding carboxylic acids is 1. The van der Waals surface area contributed by atoms with Crippen LogP contribution in [0.4, 0.5) is 0 Å². The molecule has 0 saturated heterocycles. The number of carbonyl (C=O) groups is 1. The zero-order valence-corrected chi connectivity index (χ0v) is 11.9. The van der Waals surface area contributed by atoms with E-state index in [4.69, 9.17) is 0 Å². The van der Waals surface area contributed by atoms with E-state index in [1.54, 1.807) is 11.1 Å². The number of aromatic amines is 1. The normalized spacial score (nSPS) is 10.7. The van der Waals surface area contributed by atoms with Crippen LogP contribution in [0, 0.1) is 0 Å². The zero-order valence-electron chi connectivity index (χ0n) is 11.9. The second-order valence-corrected chi connectivity index (χ2v) is 5.11. The monoisotopic (exact) mass is 279 g/mol. The maximum absolute atomic E-state index is 12.3. The van der Waals surface area contributed by atoms with Crippen molar-refractivity contribution in [3.63, 3.8) is 0 Å². The average molecular weight is 279 g/mol. The Morgan fingerprint density at radius 3 is 2.81 bits per heavy atom. The fourth-order valence-corrected chi connectivity index (χ4v) is 2.40. The van der Waals surface area contributed by atoms with Gasteiger partial charge in [-0.25, -0.2) is 0 Å². The molecule has 0 unspecified atom stereocenters. The van der Waals surface area contributed by atoms with Crippen molar-refractivity contribution < 1.29 is 4.79 Å². The number of amides is 1. The summed E-state index contributed by atoms with van der Waals surface area (Å²) in [5.74, 6) is 0.0883. The zero-order chi connectivity index (χ0) is 14.7. The highest BCUT2D eigenvalue weighted by molar-refractivity contribution is 5.88. The third-order valence-electron chi connectivity index (χ3n) is 3.57. The Kier molecular flexibility index (Phi) is 3.69. The van der Waals surface area contributed by atoms with Crippen molar-refractivity contribution in [2.24, 2.45) is 0 Å². The summed E-state index contributed by atoms with van der Waals surface area (Å²) >= 11 is 0. The number of aromatic nitrogens is 2. The smallest absolute Gasteiger partial charge is 0.227 e. The molecule has 4 heteroatoms. The molecule has 3 aromatic rings. The largest absolute Gasteiger partial charge is 0.361 e. The molecule has 2 aromatic heterocycles. The van der Waals surface area contributed by atoms with Crippen LogP contribution in [0.5, 0.6) is 0 Å². The molecule has 0 radical (unpaired) electrons. The molecule has 0 bridgehead atoms. The average Bonchev–Trinajstić information content (AvgIpc) is 2.91. The molecule has 0 spiro atoms. The standard InChI is InChI=1S/C17H17N3O/c1-20(12-14-6-4-5-9-18-14)17(21)10-13-11-19-16-8-3-2-7-15(13)16/h2-9,11,19H,10,12H2,1H3. The highest BCUT2D eigenvalue weighted by Gasteiger charge is 2.13. The van der Waals surface area contributed by atoms with Crippen molar-refractivity contribution in [1.82, 2.24) is 14.9 Å². The van der Waals surface area contributed by atoms with Gasteiger partial charge in [0.1, 0.15) is 0 Å². The number of fused-ring (bicyclic) bond motifs is 1. The molecule has 2 heterocycles. The minimum atomic E-state index is 0.0883. The predicted octanol–water partition coefficient (Wildman–Crippen LogP) is 2.76. The Hall–Kier alpha value is -2.62. The van der Waals surface area contributed by atoms with Gasteiger partial charge in [0.2, 0.25) is 5.91 Å². The molecular formula is C17H17N3O. The number of para-hydroxylation sites is 1. The molecule has 1 amide bonds. The van der Waals surface area contributed by atoms with Crippen LogP contribution in [-0.4, -0.2) is 27.8 Å². The van der Waals surface area contributed by atoms with E-state index in [0.29, 0.717) is 13.0 Å². The number of pyridine rings is 1. The molecule has 0 aliphatic carbocycles. The molecule has 106 valence electrons. The molecule has 0 aliphatic heterocycles. The van der Waals surface area contributed by atoms with Crippen molar-refractivity contribution in [1.29, 1.82) is 0 Å². The number of H-pyrrole nitrogens is 1. The van der Waals surface area contributed by atoms with E-state index in [1.807, 2.05) is 55.7 Å². The number of hydrogen-bond donors (Lipinski definition) is 1. The van der Waals surface area contributed by atoms with E-state index in [1.165, 1.54) is 0 Å². The number of rotatable bonds is 4. The van der Waals surface area contributed by atoms with E-state index < -0.39 is 0 Å². The molecule has 1 N–H and O–H groups in total. The van der Waals surface area contributed by atoms with E-state index in [9.17, 15) is 4.79 Å². The summed E-state index contributed by atoms with van der Waals surface area (Å²) in [5.41, 5.74) is 2.99. The molecule has 0 saturated carbocycles. The maximum Gasteiger partial charge on any atom is 0.227 e. The van der Waals surface area contributed by atoms with Crippen LogP contribution in [-0.2, 0) is 17.8 Å². The Bertz CT molecular complexity index is 749. The molecule has 0 fully saturated rings. The lowest BCUT2D eigenvalue weighted by Gasteiger charge is -2.16. The minimum absolute atomic E-state index is 0.0883. The second-order valence-electron chi connectivity index (χ2n) is 5.11. The minimum Gasteiger partial charge on any atom is -0.361 e. The van der Waals surface area contributed by atoms with Gasteiger partial charge in [0, 0.05) is 30.3 Å². The molecule has 4 nitrogen and oxygen atoms in total. The molecule has 0 atom stereocenters. The van der Waals surface area contributed by atoms with E-state index in [0.717, 1.165) is 22.2 Å². The summed E-state index contributed by atoms with van der Waals surface area (Å²) in [7, 11) is 1.81. The summed E-state index contributed by atoms with van der Waals surface area (Å²) < 4.78 is 0. The number of nitrogens with one attached hydrogen (secondary N) is 1. The van der Waals surface area contributed by atoms with E-state index in [-0.39, 0.29) is 5.91 Å². The number of nitrogens with zero attached hydrogens (tertiary/aromatic N) is 2. The topological polar surface area (TPSA) is 49.0 Å². The molecule has 21 heavy (non-hydrogen) atoms. The van der Waals surface area contributed by atoms with Gasteiger partial charge in [0.15, 0.2) is 0 Å². The van der Waals surface area contributed by atoms with Gasteiger partial charge in [0.25, 0.3) is 0 Å². The van der Waals surface area contributed by atoms with Gasteiger partial charge in [-0.1, -0.05) is 24.3 Å². The van der Waals surface area contributed by atoms with E-state index in [2.05, 4.69) is 9.97 Å². The predicted molar refractivity (Wildman–Crippen MR) is 82.7 cm³/mol. The summed E-state index contributed by atoms with van der Waals surface area (Å²) in [6, 6.07) is 13.8.